The Kier molecular flexibility index (Phi) is 32.0. The number of ketones is 2. The van der Waals surface area contributed by atoms with Gasteiger partial charge in [0.2, 0.25) is 0 Å². The number of aryl methyl sites for hydroxylation is 3. The molecule has 0 amide bonds. The van der Waals surface area contributed by atoms with E-state index in [1.165, 1.54) is 62.8 Å². The predicted molar refractivity (Wildman–Crippen MR) is 470 cm³/mol. The molecule has 4 aliphatic rings. The molecule has 3 radical (unpaired) electrons. The number of halogens is 5. The van der Waals surface area contributed by atoms with Crippen LogP contribution in [0.15, 0.2) is 244 Å². The average molecular weight is 1670 g/mol. The molecule has 14 aromatic rings. The molecule has 11 N–H and O–H groups in total. The Labute approximate surface area is 738 Å². The number of nitrogens with two attached hydrogens (primary N) is 4. The molecule has 0 saturated heterocycles. The van der Waals surface area contributed by atoms with E-state index in [0.29, 0.717) is 57.5 Å². The number of hydrogen-bond acceptors (Lipinski definition) is 18. The Balaban J connectivity index is 0.000000175. The number of fused-ring (bicyclic) bond motifs is 2. The van der Waals surface area contributed by atoms with Gasteiger partial charge in [0.05, 0.1) is 58.3 Å². The second-order valence-corrected chi connectivity index (χ2v) is 31.0. The van der Waals surface area contributed by atoms with E-state index in [9.17, 15) is 23.2 Å². The molecule has 0 aliphatic heterocycles. The summed E-state index contributed by atoms with van der Waals surface area (Å²) in [5, 5.41) is 23.8. The van der Waals surface area contributed by atoms with E-state index in [2.05, 4.69) is 56.1 Å². The van der Waals surface area contributed by atoms with E-state index >= 15 is 8.78 Å². The van der Waals surface area contributed by atoms with E-state index in [4.69, 9.17) is 22.9 Å². The Morgan fingerprint density at radius 1 is 0.434 bits per heavy atom. The number of nitrogens with zero attached hydrogens (tertiary/aromatic N) is 10. The zero-order valence-corrected chi connectivity index (χ0v) is 71.3. The van der Waals surface area contributed by atoms with E-state index < -0.39 is 17.5 Å². The van der Waals surface area contributed by atoms with Gasteiger partial charge in [0.15, 0.2) is 11.6 Å². The molecule has 20 nitrogen and oxygen atoms in total. The molecule has 0 spiro atoms. The summed E-state index contributed by atoms with van der Waals surface area (Å²) in [5.74, 6) is 0.993. The van der Waals surface area contributed by atoms with Crippen LogP contribution in [0, 0.1) is 67.7 Å². The topological polar surface area (TPSA) is 304 Å². The monoisotopic (exact) mass is 1670 g/mol. The predicted octanol–water partition coefficient (Wildman–Crippen LogP) is 13.9. The Hall–Kier alpha value is -11.5. The average Bonchev–Trinajstić information content (AvgIpc) is 1.64. The molecule has 18 rings (SSSR count). The maximum absolute atomic E-state index is 15.1. The van der Waals surface area contributed by atoms with Crippen molar-refractivity contribution in [1.29, 1.82) is 0 Å². The van der Waals surface area contributed by atoms with Crippen molar-refractivity contribution in [3.63, 3.8) is 0 Å². The third kappa shape index (κ3) is 24.2. The van der Waals surface area contributed by atoms with Crippen LogP contribution in [-0.4, -0.2) is 95.4 Å². The molecule has 4 aliphatic carbocycles. The molecule has 27 heteroatoms. The molecule has 4 fully saturated rings. The van der Waals surface area contributed by atoms with Crippen molar-refractivity contribution in [1.82, 2.24) is 65.4 Å². The van der Waals surface area contributed by atoms with Crippen LogP contribution in [0.3, 0.4) is 0 Å². The first kappa shape index (κ1) is 91.2. The van der Waals surface area contributed by atoms with Crippen molar-refractivity contribution < 1.29 is 62.9 Å². The van der Waals surface area contributed by atoms with Crippen LogP contribution < -0.4 is 68.4 Å². The van der Waals surface area contributed by atoms with Crippen LogP contribution in [0.4, 0.5) is 34.8 Å². The van der Waals surface area contributed by atoms with Crippen molar-refractivity contribution in [3.05, 3.63) is 351 Å². The fourth-order valence-corrected chi connectivity index (χ4v) is 14.1. The summed E-state index contributed by atoms with van der Waals surface area (Å²) in [7, 11) is 0. The molecule has 8 heterocycles. The molecular formula is C95H97BClF4N17NaO3. The summed E-state index contributed by atoms with van der Waals surface area (Å²) < 4.78 is 59.7. The number of nitrogens with one attached hydrogen (secondary N) is 3. The standard InChI is InChI=1S/C32H30FN5O.C31H29FN6O.C16H18FN3.C12H12FN3.C4H6O.B.ClH.Na.H/c1-20-15-30(38(37-20)27-7-5-23-11-14-35-21(2)28(23)18-27)31(39)17-26-16-25(6-8-29(26)33)32(36-19-22-3-4-22)24-9-12-34-13-10-24;1-19-14-28(38(37-19)25-6-4-21-10-13-35-31(33)26(21)17-25)29(39)16-24-15-23(5-7-27(24)32)30(36-18-20-2-3-20)22-8-11-34-12-9-22;17-14-4-3-13(9-15(14)18)16(20-10-11-1-2-11)12-5-7-19-8-6-12;13-10-2-1-9(7-11(10)14)12(15)8-3-5-16-6-4-8;5-3-4-1-2-4;;;;/h5-16,18,22,32,36H,3-4,17,19H2,1-2H3;4-15,17,20,30,36H,2-3,16,18H2,1H3,(H2,33,35);3-9,11,16,20H,1-2,10,18H2;1-7,12H,14-15H2;3-4H,1-2H2;;1H;;/q;;;;;;;+1;-1. The normalized spacial score (nSPS) is 14.1. The van der Waals surface area contributed by atoms with E-state index in [0.717, 1.165) is 128 Å². The van der Waals surface area contributed by atoms with Gasteiger partial charge in [0, 0.05) is 106 Å². The Morgan fingerprint density at radius 2 is 0.795 bits per heavy atom. The fourth-order valence-electron chi connectivity index (χ4n) is 14.1. The minimum atomic E-state index is -0.425. The number of hydrogen-bond donors (Lipinski definition) is 7. The van der Waals surface area contributed by atoms with Gasteiger partial charge in [-0.05, 0) is 309 Å². The van der Waals surface area contributed by atoms with Crippen molar-refractivity contribution in [2.24, 2.45) is 29.4 Å². The molecule has 122 heavy (non-hydrogen) atoms. The SMILES string of the molecule is Cc1cc(C(=O)Cc2cc(C(NCC3CC3)c3ccncc3)ccc2F)n(-c2ccc3ccnc(C)c3c2)n1.Cc1cc(C(=O)Cc2cc(C(NCC3CC3)c3ccncc3)ccc2F)n(-c2ccc3ccnc(N)c3c2)n1.Cl.Nc1cc(C(N)c2ccncc2)ccc1F.Nc1cc(C(NCC2CC2)c2ccncc2)ccc1F.O=CC1CC1.[B].[H-].[Na+]. The molecular weight excluding hydrogens is 1570 g/mol. The molecule has 619 valence electrons. The first-order chi connectivity index (χ1) is 57.8. The largest absolute Gasteiger partial charge is 1.00 e. The smallest absolute Gasteiger partial charge is 1.00 e. The van der Waals surface area contributed by atoms with Gasteiger partial charge in [-0.1, -0.05) is 48.5 Å². The van der Waals surface area contributed by atoms with Gasteiger partial charge in [-0.2, -0.15) is 10.2 Å². The number of benzene rings is 6. The van der Waals surface area contributed by atoms with Crippen LogP contribution >= 0.6 is 12.4 Å². The van der Waals surface area contributed by atoms with Crippen molar-refractivity contribution in [2.45, 2.75) is 109 Å². The number of anilines is 3. The first-order valence-corrected chi connectivity index (χ1v) is 40.1. The number of carbonyl (C=O) groups excluding carboxylic acids is 3. The van der Waals surface area contributed by atoms with Gasteiger partial charge >= 0.3 is 29.6 Å². The van der Waals surface area contributed by atoms with Crippen LogP contribution in [-0.2, 0) is 17.6 Å². The maximum Gasteiger partial charge on any atom is 1.00 e. The van der Waals surface area contributed by atoms with Gasteiger partial charge in [0.25, 0.3) is 0 Å². The van der Waals surface area contributed by atoms with Gasteiger partial charge in [-0.15, -0.1) is 12.4 Å². The number of Topliss-reactive ketones (excluding diaryl/α,β-unsaturated/α-hetero) is 2. The third-order valence-electron chi connectivity index (χ3n) is 21.6. The summed E-state index contributed by atoms with van der Waals surface area (Å²) in [4.78, 5) is 61.6. The number of carbonyl (C=O) groups is 3. The van der Waals surface area contributed by atoms with Crippen molar-refractivity contribution >= 4 is 77.4 Å². The maximum atomic E-state index is 15.1. The van der Waals surface area contributed by atoms with E-state index in [-0.39, 0.29) is 118 Å². The minimum Gasteiger partial charge on any atom is -1.00 e. The Morgan fingerprint density at radius 3 is 1.18 bits per heavy atom. The molecule has 4 saturated carbocycles. The third-order valence-corrected chi connectivity index (χ3v) is 21.6. The number of aromatic nitrogens is 10. The number of pyridine rings is 6. The summed E-state index contributed by atoms with van der Waals surface area (Å²) in [5.41, 5.74) is 36.7. The van der Waals surface area contributed by atoms with Crippen LogP contribution in [0.1, 0.15) is 171 Å². The second-order valence-electron chi connectivity index (χ2n) is 31.0. The van der Waals surface area contributed by atoms with Crippen LogP contribution in [0.25, 0.3) is 32.9 Å². The van der Waals surface area contributed by atoms with Crippen LogP contribution in [0.2, 0.25) is 0 Å². The van der Waals surface area contributed by atoms with E-state index in [1.54, 1.807) is 126 Å². The summed E-state index contributed by atoms with van der Waals surface area (Å²) in [6.45, 7) is 8.41. The summed E-state index contributed by atoms with van der Waals surface area (Å²) in [6.07, 6.45) is 28.1. The Bertz CT molecular complexity index is 5630. The zero-order valence-electron chi connectivity index (χ0n) is 69.5. The number of rotatable bonds is 26. The zero-order chi connectivity index (χ0) is 83.1. The van der Waals surface area contributed by atoms with Gasteiger partial charge in [0.1, 0.15) is 46.8 Å². The molecule has 4 unspecified atom stereocenters. The summed E-state index contributed by atoms with van der Waals surface area (Å²) >= 11 is 0. The van der Waals surface area contributed by atoms with Gasteiger partial charge < -0.3 is 45.1 Å². The second kappa shape index (κ2) is 42.8. The van der Waals surface area contributed by atoms with E-state index in [1.807, 2.05) is 124 Å². The molecule has 0 bridgehead atoms. The summed E-state index contributed by atoms with van der Waals surface area (Å²) in [6, 6.07) is 53.5. The van der Waals surface area contributed by atoms with Crippen molar-refractivity contribution in [2.75, 3.05) is 36.8 Å². The minimum absolute atomic E-state index is 0. The van der Waals surface area contributed by atoms with Gasteiger partial charge in [-0.3, -0.25) is 34.5 Å². The molecule has 6 aromatic carbocycles. The molecule has 8 aromatic heterocycles. The van der Waals surface area contributed by atoms with Gasteiger partial charge in [-0.25, -0.2) is 31.9 Å². The quantitative estimate of drug-likeness (QED) is 0.00871. The number of nitrogen functional groups attached to an aromatic ring is 3. The number of aldehydes is 1. The molecule has 4 atom stereocenters. The fraction of sp³-hybridized carbons (Fsp3) is 0.253. The first-order valence-electron chi connectivity index (χ1n) is 40.1. The van der Waals surface area contributed by atoms with Crippen molar-refractivity contribution in [3.8, 4) is 11.4 Å². The van der Waals surface area contributed by atoms with Crippen LogP contribution in [0.5, 0.6) is 0 Å².